The third-order valence-corrected chi connectivity index (χ3v) is 4.07. The Morgan fingerprint density at radius 3 is 2.89 bits per heavy atom. The van der Waals surface area contributed by atoms with Gasteiger partial charge in [0.2, 0.25) is 0 Å². The molecule has 1 aliphatic heterocycles. The van der Waals surface area contributed by atoms with Crippen LogP contribution in [0.5, 0.6) is 0 Å². The van der Waals surface area contributed by atoms with Crippen molar-refractivity contribution in [2.45, 2.75) is 50.7 Å². The first-order valence-electron chi connectivity index (χ1n) is 7.36. The molecule has 2 rings (SSSR count). The van der Waals surface area contributed by atoms with E-state index in [9.17, 15) is 4.39 Å². The van der Waals surface area contributed by atoms with Gasteiger partial charge in [-0.05, 0) is 40.2 Å². The van der Waals surface area contributed by atoms with Crippen molar-refractivity contribution in [3.05, 3.63) is 23.8 Å². The van der Waals surface area contributed by atoms with Crippen LogP contribution in [-0.4, -0.2) is 42.8 Å². The summed E-state index contributed by atoms with van der Waals surface area (Å²) in [6.07, 6.45) is 10.9. The Morgan fingerprint density at radius 1 is 1.42 bits per heavy atom. The van der Waals surface area contributed by atoms with E-state index in [0.29, 0.717) is 13.0 Å². The van der Waals surface area contributed by atoms with Crippen molar-refractivity contribution >= 4 is 0 Å². The molecule has 2 aliphatic rings. The van der Waals surface area contributed by atoms with Gasteiger partial charge in [0.15, 0.2) is 0 Å². The zero-order valence-corrected chi connectivity index (χ0v) is 12.5. The van der Waals surface area contributed by atoms with Gasteiger partial charge in [-0.15, -0.1) is 0 Å². The van der Waals surface area contributed by atoms with Crippen molar-refractivity contribution in [3.63, 3.8) is 0 Å². The summed E-state index contributed by atoms with van der Waals surface area (Å²) in [5, 5.41) is 3.35. The minimum atomic E-state index is -1.06. The van der Waals surface area contributed by atoms with Crippen LogP contribution >= 0.6 is 0 Å². The monoisotopic (exact) mass is 266 g/mol. The van der Waals surface area contributed by atoms with E-state index < -0.39 is 5.67 Å². The fourth-order valence-electron chi connectivity index (χ4n) is 3.41. The van der Waals surface area contributed by atoms with E-state index in [1.54, 1.807) is 6.92 Å². The molecule has 1 unspecified atom stereocenters. The molecule has 0 bridgehead atoms. The first-order chi connectivity index (χ1) is 8.89. The van der Waals surface area contributed by atoms with Gasteiger partial charge in [0.1, 0.15) is 5.67 Å². The van der Waals surface area contributed by atoms with E-state index in [1.807, 2.05) is 0 Å². The molecule has 0 aromatic rings. The van der Waals surface area contributed by atoms with Crippen molar-refractivity contribution < 1.29 is 4.39 Å². The Kier molecular flexibility index (Phi) is 4.46. The van der Waals surface area contributed by atoms with Crippen LogP contribution in [0.2, 0.25) is 0 Å². The second-order valence-corrected chi connectivity index (χ2v) is 6.82. The average molecular weight is 266 g/mol. The predicted octanol–water partition coefficient (Wildman–Crippen LogP) is 3.06. The number of nitrogens with one attached hydrogen (secondary N) is 1. The molecule has 2 nitrogen and oxygen atoms in total. The van der Waals surface area contributed by atoms with E-state index in [-0.39, 0.29) is 5.54 Å². The summed E-state index contributed by atoms with van der Waals surface area (Å²) in [7, 11) is 2.14. The second-order valence-electron chi connectivity index (χ2n) is 6.82. The SMILES string of the molecule is CN(CC1=CC=CCCC1)C[C@]1(C)CC(C)(F)CN1. The number of nitrogens with zero attached hydrogens (tertiary/aromatic N) is 1. The van der Waals surface area contributed by atoms with Gasteiger partial charge in [0.25, 0.3) is 0 Å². The summed E-state index contributed by atoms with van der Waals surface area (Å²) in [5.41, 5.74) is 0.333. The molecule has 108 valence electrons. The molecule has 0 radical (unpaired) electrons. The maximum absolute atomic E-state index is 14.0. The lowest BCUT2D eigenvalue weighted by atomic mass is 9.93. The van der Waals surface area contributed by atoms with E-state index in [1.165, 1.54) is 24.8 Å². The van der Waals surface area contributed by atoms with Crippen molar-refractivity contribution in [1.82, 2.24) is 10.2 Å². The highest BCUT2D eigenvalue weighted by atomic mass is 19.1. The van der Waals surface area contributed by atoms with E-state index in [4.69, 9.17) is 0 Å². The first kappa shape index (κ1) is 14.7. The minimum Gasteiger partial charge on any atom is -0.307 e. The minimum absolute atomic E-state index is 0.0978. The maximum Gasteiger partial charge on any atom is 0.122 e. The van der Waals surface area contributed by atoms with Gasteiger partial charge in [-0.1, -0.05) is 23.8 Å². The fourth-order valence-corrected chi connectivity index (χ4v) is 3.41. The summed E-state index contributed by atoms with van der Waals surface area (Å²) in [6.45, 7) is 6.19. The molecule has 1 aliphatic carbocycles. The highest BCUT2D eigenvalue weighted by Crippen LogP contribution is 2.31. The van der Waals surface area contributed by atoms with Crippen LogP contribution in [0.3, 0.4) is 0 Å². The lowest BCUT2D eigenvalue weighted by Crippen LogP contribution is -2.46. The van der Waals surface area contributed by atoms with Gasteiger partial charge in [0, 0.05) is 31.6 Å². The van der Waals surface area contributed by atoms with Gasteiger partial charge in [0.05, 0.1) is 0 Å². The molecule has 1 saturated heterocycles. The number of hydrogen-bond donors (Lipinski definition) is 1. The van der Waals surface area contributed by atoms with Crippen LogP contribution in [0.1, 0.15) is 39.5 Å². The Bertz CT molecular complexity index is 373. The van der Waals surface area contributed by atoms with E-state index in [2.05, 4.69) is 42.4 Å². The topological polar surface area (TPSA) is 15.3 Å². The lowest BCUT2D eigenvalue weighted by Gasteiger charge is -2.31. The van der Waals surface area contributed by atoms with E-state index in [0.717, 1.165) is 13.1 Å². The van der Waals surface area contributed by atoms with Crippen molar-refractivity contribution in [1.29, 1.82) is 0 Å². The third kappa shape index (κ3) is 4.43. The number of rotatable bonds is 4. The van der Waals surface area contributed by atoms with Gasteiger partial charge in [-0.25, -0.2) is 4.39 Å². The Balaban J connectivity index is 1.86. The molecule has 0 aromatic heterocycles. The predicted molar refractivity (Wildman–Crippen MR) is 79.1 cm³/mol. The third-order valence-electron chi connectivity index (χ3n) is 4.07. The summed E-state index contributed by atoms with van der Waals surface area (Å²) < 4.78 is 14.0. The highest BCUT2D eigenvalue weighted by molar-refractivity contribution is 5.16. The van der Waals surface area contributed by atoms with Gasteiger partial charge >= 0.3 is 0 Å². The lowest BCUT2D eigenvalue weighted by molar-refractivity contribution is 0.187. The van der Waals surface area contributed by atoms with Gasteiger partial charge < -0.3 is 10.2 Å². The molecule has 3 heteroatoms. The number of likely N-dealkylation sites (N-methyl/N-ethyl adjacent to an activating group) is 1. The van der Waals surface area contributed by atoms with Crippen LogP contribution in [0, 0.1) is 0 Å². The van der Waals surface area contributed by atoms with E-state index >= 15 is 0 Å². The summed E-state index contributed by atoms with van der Waals surface area (Å²) >= 11 is 0. The van der Waals surface area contributed by atoms with Crippen molar-refractivity contribution in [3.8, 4) is 0 Å². The number of allylic oxidation sites excluding steroid dienone is 3. The molecule has 0 saturated carbocycles. The zero-order valence-electron chi connectivity index (χ0n) is 12.5. The summed E-state index contributed by atoms with van der Waals surface area (Å²) in [4.78, 5) is 2.32. The number of hydrogen-bond acceptors (Lipinski definition) is 2. The Morgan fingerprint density at radius 2 is 2.21 bits per heavy atom. The molecule has 0 amide bonds. The summed E-state index contributed by atoms with van der Waals surface area (Å²) in [6, 6.07) is 0. The van der Waals surface area contributed by atoms with Crippen molar-refractivity contribution in [2.75, 3.05) is 26.7 Å². The van der Waals surface area contributed by atoms with Gasteiger partial charge in [-0.3, -0.25) is 0 Å². The molecule has 1 N–H and O–H groups in total. The molecule has 1 fully saturated rings. The highest BCUT2D eigenvalue weighted by Gasteiger charge is 2.42. The van der Waals surface area contributed by atoms with Crippen LogP contribution in [0.25, 0.3) is 0 Å². The average Bonchev–Trinajstić information content (AvgIpc) is 2.51. The van der Waals surface area contributed by atoms with Crippen LogP contribution in [0.4, 0.5) is 4.39 Å². The molecular formula is C16H27FN2. The van der Waals surface area contributed by atoms with Crippen LogP contribution in [-0.2, 0) is 0 Å². The van der Waals surface area contributed by atoms with Crippen molar-refractivity contribution in [2.24, 2.45) is 0 Å². The Labute approximate surface area is 116 Å². The molecule has 2 atom stereocenters. The van der Waals surface area contributed by atoms with Crippen LogP contribution in [0.15, 0.2) is 23.8 Å². The van der Waals surface area contributed by atoms with Gasteiger partial charge in [-0.2, -0.15) is 0 Å². The zero-order chi connectivity index (χ0) is 13.9. The smallest absolute Gasteiger partial charge is 0.122 e. The molecular weight excluding hydrogens is 239 g/mol. The maximum atomic E-state index is 14.0. The standard InChI is InChI=1S/C16H27FN2/c1-15(17)11-16(2,18-12-15)13-19(3)10-14-8-6-4-5-7-9-14/h4,6,8,18H,5,7,9-13H2,1-3H3/t15?,16-/m0/s1. The number of halogens is 1. The quantitative estimate of drug-likeness (QED) is 0.841. The molecule has 0 aromatic carbocycles. The molecule has 19 heavy (non-hydrogen) atoms. The molecule has 0 spiro atoms. The Hall–Kier alpha value is -0.670. The normalized spacial score (nSPS) is 35.5. The number of alkyl halides is 1. The first-order valence-corrected chi connectivity index (χ1v) is 7.36. The fraction of sp³-hybridized carbons (Fsp3) is 0.750. The second kappa shape index (κ2) is 5.76. The van der Waals surface area contributed by atoms with Crippen LogP contribution < -0.4 is 5.32 Å². The largest absolute Gasteiger partial charge is 0.307 e. The molecule has 1 heterocycles. The summed E-state index contributed by atoms with van der Waals surface area (Å²) in [5.74, 6) is 0.